The number of nitrogens with one attached hydrogen (secondary N) is 2. The Bertz CT molecular complexity index is 1190. The molecular formula is C33H49N2O8P. The van der Waals surface area contributed by atoms with Gasteiger partial charge < -0.3 is 19.7 Å². The predicted octanol–water partition coefficient (Wildman–Crippen LogP) is 5.97. The van der Waals surface area contributed by atoms with Crippen molar-refractivity contribution in [3.05, 3.63) is 60.2 Å². The molecule has 2 aromatic rings. The van der Waals surface area contributed by atoms with Gasteiger partial charge in [0.25, 0.3) is 0 Å². The van der Waals surface area contributed by atoms with Crippen LogP contribution < -0.4 is 10.6 Å². The van der Waals surface area contributed by atoms with Crippen LogP contribution in [0.4, 0.5) is 0 Å². The third-order valence-corrected chi connectivity index (χ3v) is 7.95. The Hall–Kier alpha value is -3.04. The average molecular weight is 633 g/mol. The van der Waals surface area contributed by atoms with E-state index in [0.29, 0.717) is 6.42 Å². The zero-order valence-electron chi connectivity index (χ0n) is 26.5. The van der Waals surface area contributed by atoms with E-state index in [9.17, 15) is 23.8 Å². The van der Waals surface area contributed by atoms with Crippen molar-refractivity contribution in [1.29, 1.82) is 0 Å². The van der Waals surface area contributed by atoms with E-state index in [1.165, 1.54) is 0 Å². The number of unbranched alkanes of at least 4 members (excludes halogenated alkanes) is 4. The molecule has 0 saturated heterocycles. The molecule has 0 aliphatic heterocycles. The lowest BCUT2D eigenvalue weighted by atomic mass is 10.0. The van der Waals surface area contributed by atoms with Crippen LogP contribution in [0, 0.1) is 5.92 Å². The number of hydrogen-bond donors (Lipinski definition) is 3. The minimum absolute atomic E-state index is 0.000281. The van der Waals surface area contributed by atoms with Gasteiger partial charge in [-0.15, -0.1) is 0 Å². The van der Waals surface area contributed by atoms with E-state index >= 15 is 0 Å². The van der Waals surface area contributed by atoms with Crippen molar-refractivity contribution >= 4 is 25.4 Å². The number of carbonyl (C=O) groups excluding carboxylic acids is 3. The molecule has 11 heteroatoms. The third-order valence-electron chi connectivity index (χ3n) is 6.83. The SMILES string of the molecule is CCCCCCCC(=O)O[C@@H](OP(=O)(O)CNC(Cc1ccc(-c2ccccc2)cc1)C(=O)NCCC(=O)OCC)C(C)C. The Labute approximate surface area is 261 Å². The minimum Gasteiger partial charge on any atom is -0.466 e. The summed E-state index contributed by atoms with van der Waals surface area (Å²) in [5.41, 5.74) is 2.89. The zero-order chi connectivity index (χ0) is 32.4. The van der Waals surface area contributed by atoms with Crippen LogP contribution in [0.2, 0.25) is 0 Å². The van der Waals surface area contributed by atoms with E-state index in [-0.39, 0.29) is 38.3 Å². The largest absolute Gasteiger partial charge is 0.466 e. The van der Waals surface area contributed by atoms with Gasteiger partial charge in [-0.25, -0.2) is 0 Å². The molecule has 44 heavy (non-hydrogen) atoms. The van der Waals surface area contributed by atoms with E-state index in [4.69, 9.17) is 14.0 Å². The number of hydrogen-bond acceptors (Lipinski definition) is 8. The van der Waals surface area contributed by atoms with Gasteiger partial charge in [0, 0.05) is 18.9 Å². The van der Waals surface area contributed by atoms with Crippen LogP contribution in [0.5, 0.6) is 0 Å². The summed E-state index contributed by atoms with van der Waals surface area (Å²) < 4.78 is 28.8. The van der Waals surface area contributed by atoms with Crippen LogP contribution in [0.3, 0.4) is 0 Å². The molecule has 0 aromatic heterocycles. The van der Waals surface area contributed by atoms with Gasteiger partial charge in [-0.2, -0.15) is 0 Å². The fourth-order valence-corrected chi connectivity index (χ4v) is 5.50. The Morgan fingerprint density at radius 1 is 0.864 bits per heavy atom. The first-order valence-electron chi connectivity index (χ1n) is 15.5. The van der Waals surface area contributed by atoms with Crippen molar-refractivity contribution in [3.8, 4) is 11.1 Å². The number of benzene rings is 2. The Morgan fingerprint density at radius 3 is 2.16 bits per heavy atom. The molecule has 1 amide bonds. The van der Waals surface area contributed by atoms with Gasteiger partial charge in [-0.3, -0.25) is 28.8 Å². The summed E-state index contributed by atoms with van der Waals surface area (Å²) in [5, 5.41) is 5.56. The van der Waals surface area contributed by atoms with Crippen molar-refractivity contribution in [3.63, 3.8) is 0 Å². The molecular weight excluding hydrogens is 583 g/mol. The van der Waals surface area contributed by atoms with Crippen LogP contribution in [0.1, 0.15) is 78.2 Å². The summed E-state index contributed by atoms with van der Waals surface area (Å²) in [4.78, 5) is 47.9. The van der Waals surface area contributed by atoms with E-state index in [0.717, 1.165) is 42.4 Å². The standard InChI is InChI=1S/C33H49N2O8P/c1-5-7-8-9-13-16-31(37)42-33(25(3)4)43-44(39,40)24-35-29(32(38)34-22-21-30(36)41-6-2)23-26-17-19-28(20-18-26)27-14-11-10-12-15-27/h10-12,14-15,17-20,25,29,33,35H,5-9,13,16,21-24H2,1-4H3,(H,34,38)(H,39,40)/t29?,33-/m0/s1. The maximum Gasteiger partial charge on any atom is 0.344 e. The lowest BCUT2D eigenvalue weighted by Crippen LogP contribution is -2.46. The lowest BCUT2D eigenvalue weighted by Gasteiger charge is -2.26. The second-order valence-electron chi connectivity index (χ2n) is 11.0. The Morgan fingerprint density at radius 2 is 1.52 bits per heavy atom. The molecule has 0 spiro atoms. The molecule has 244 valence electrons. The minimum atomic E-state index is -4.34. The zero-order valence-corrected chi connectivity index (χ0v) is 27.4. The maximum absolute atomic E-state index is 13.1. The van der Waals surface area contributed by atoms with Gasteiger partial charge in [0.15, 0.2) is 0 Å². The predicted molar refractivity (Wildman–Crippen MR) is 171 cm³/mol. The highest BCUT2D eigenvalue weighted by Crippen LogP contribution is 2.43. The van der Waals surface area contributed by atoms with Gasteiger partial charge in [0.05, 0.1) is 25.4 Å². The first-order valence-corrected chi connectivity index (χ1v) is 17.3. The van der Waals surface area contributed by atoms with Crippen LogP contribution in [0.25, 0.3) is 11.1 Å². The quantitative estimate of drug-likeness (QED) is 0.0657. The number of rotatable bonds is 21. The van der Waals surface area contributed by atoms with E-state index in [1.54, 1.807) is 20.8 Å². The monoisotopic (exact) mass is 632 g/mol. The van der Waals surface area contributed by atoms with E-state index < -0.39 is 44.1 Å². The molecule has 3 atom stereocenters. The fraction of sp³-hybridized carbons (Fsp3) is 0.545. The average Bonchev–Trinajstić information content (AvgIpc) is 2.99. The van der Waals surface area contributed by atoms with Crippen molar-refractivity contribution in [2.75, 3.05) is 19.4 Å². The number of carbonyl (C=O) groups is 3. The maximum atomic E-state index is 13.1. The molecule has 3 N–H and O–H groups in total. The summed E-state index contributed by atoms with van der Waals surface area (Å²) in [6.45, 7) is 7.57. The Kier molecular flexibility index (Phi) is 17.0. The van der Waals surface area contributed by atoms with Crippen molar-refractivity contribution in [2.45, 2.75) is 91.4 Å². The first kappa shape index (κ1) is 37.1. The summed E-state index contributed by atoms with van der Waals surface area (Å²) in [5.74, 6) is -1.73. The lowest BCUT2D eigenvalue weighted by molar-refractivity contribution is -0.170. The van der Waals surface area contributed by atoms with Crippen molar-refractivity contribution in [1.82, 2.24) is 10.6 Å². The van der Waals surface area contributed by atoms with E-state index in [1.807, 2.05) is 54.6 Å². The molecule has 2 aromatic carbocycles. The summed E-state index contributed by atoms with van der Waals surface area (Å²) in [6.07, 6.45) is 3.50. The number of amides is 1. The first-order chi connectivity index (χ1) is 21.0. The summed E-state index contributed by atoms with van der Waals surface area (Å²) >= 11 is 0. The van der Waals surface area contributed by atoms with Gasteiger partial charge in [-0.1, -0.05) is 101 Å². The Balaban J connectivity index is 2.05. The van der Waals surface area contributed by atoms with E-state index in [2.05, 4.69) is 17.6 Å². The molecule has 0 saturated carbocycles. The summed E-state index contributed by atoms with van der Waals surface area (Å²) in [6, 6.07) is 16.7. The molecule has 0 aliphatic rings. The van der Waals surface area contributed by atoms with Crippen LogP contribution in [0.15, 0.2) is 54.6 Å². The highest BCUT2D eigenvalue weighted by Gasteiger charge is 2.31. The van der Waals surface area contributed by atoms with Crippen molar-refractivity contribution < 1.29 is 37.8 Å². The van der Waals surface area contributed by atoms with Crippen molar-refractivity contribution in [2.24, 2.45) is 5.92 Å². The highest BCUT2D eigenvalue weighted by atomic mass is 31.2. The van der Waals surface area contributed by atoms with Gasteiger partial charge in [0.1, 0.15) is 0 Å². The second-order valence-corrected chi connectivity index (χ2v) is 12.8. The van der Waals surface area contributed by atoms with Gasteiger partial charge >= 0.3 is 19.5 Å². The highest BCUT2D eigenvalue weighted by molar-refractivity contribution is 7.52. The number of esters is 2. The molecule has 0 aliphatic carbocycles. The summed E-state index contributed by atoms with van der Waals surface area (Å²) in [7, 11) is -4.34. The second kappa shape index (κ2) is 20.1. The normalized spacial score (nSPS) is 14.0. The third kappa shape index (κ3) is 14.6. The molecule has 10 nitrogen and oxygen atoms in total. The topological polar surface area (TPSA) is 140 Å². The number of ether oxygens (including phenoxy) is 2. The van der Waals surface area contributed by atoms with Crippen LogP contribution in [-0.4, -0.2) is 54.5 Å². The molecule has 0 bridgehead atoms. The van der Waals surface area contributed by atoms with Gasteiger partial charge in [0.2, 0.25) is 12.2 Å². The smallest absolute Gasteiger partial charge is 0.344 e. The molecule has 2 rings (SSSR count). The van der Waals surface area contributed by atoms with Gasteiger partial charge in [-0.05, 0) is 36.5 Å². The van der Waals surface area contributed by atoms with Crippen LogP contribution >= 0.6 is 7.60 Å². The van der Waals surface area contributed by atoms with Crippen LogP contribution in [-0.2, 0) is 39.4 Å². The molecule has 2 unspecified atom stereocenters. The molecule has 0 heterocycles. The molecule has 0 radical (unpaired) electrons. The fourth-order valence-electron chi connectivity index (χ4n) is 4.37. The molecule has 0 fully saturated rings.